The van der Waals surface area contributed by atoms with Crippen LogP contribution in [0.2, 0.25) is 0 Å². The Hall–Kier alpha value is -0.664. The normalized spacial score (nSPS) is 12.0. The average Bonchev–Trinajstić information content (AvgIpc) is 2.37. The Bertz CT molecular complexity index is 473. The molecular formula is C14H16KNO4. The first-order valence-corrected chi connectivity index (χ1v) is 5.92. The molecule has 20 heavy (non-hydrogen) atoms. The Morgan fingerprint density at radius 1 is 1.35 bits per heavy atom. The van der Waals surface area contributed by atoms with Crippen LogP contribution < -0.4 is 61.8 Å². The third kappa shape index (κ3) is 6.67. The van der Waals surface area contributed by atoms with Crippen molar-refractivity contribution in [3.8, 4) is 0 Å². The van der Waals surface area contributed by atoms with Crippen molar-refractivity contribution in [1.29, 1.82) is 0 Å². The summed E-state index contributed by atoms with van der Waals surface area (Å²) in [5, 5.41) is 13.9. The second kappa shape index (κ2) is 10.1. The van der Waals surface area contributed by atoms with Gasteiger partial charge in [-0.1, -0.05) is 30.3 Å². The molecule has 5 nitrogen and oxygen atoms in total. The summed E-state index contributed by atoms with van der Waals surface area (Å²) in [4.78, 5) is 22.4. The van der Waals surface area contributed by atoms with Crippen LogP contribution in [-0.2, 0) is 14.3 Å². The fraction of sp³-hybridized carbons (Fsp3) is 0.286. The summed E-state index contributed by atoms with van der Waals surface area (Å²) in [6.07, 6.45) is 1.21. The van der Waals surface area contributed by atoms with E-state index >= 15 is 0 Å². The monoisotopic (exact) mass is 301 g/mol. The van der Waals surface area contributed by atoms with Gasteiger partial charge in [-0.3, -0.25) is 0 Å². The molecular weight excluding hydrogens is 285 g/mol. The van der Waals surface area contributed by atoms with Crippen LogP contribution in [0.25, 0.3) is 0 Å². The number of hydrogen-bond donors (Lipinski definition) is 1. The second-order valence-electron chi connectivity index (χ2n) is 3.89. The minimum absolute atomic E-state index is 0. The zero-order chi connectivity index (χ0) is 14.3. The molecule has 6 heteroatoms. The molecule has 0 saturated carbocycles. The summed E-state index contributed by atoms with van der Waals surface area (Å²) in [6.45, 7) is 3.56. The molecule has 1 atom stereocenters. The van der Waals surface area contributed by atoms with E-state index in [1.807, 2.05) is 0 Å². The second-order valence-corrected chi connectivity index (χ2v) is 3.89. The van der Waals surface area contributed by atoms with Crippen LogP contribution in [0, 0.1) is 0 Å². The summed E-state index contributed by atoms with van der Waals surface area (Å²) in [7, 11) is 0. The third-order valence-electron chi connectivity index (χ3n) is 2.36. The van der Waals surface area contributed by atoms with Crippen molar-refractivity contribution >= 4 is 11.9 Å². The average molecular weight is 301 g/mol. The van der Waals surface area contributed by atoms with Crippen LogP contribution in [0.3, 0.4) is 0 Å². The van der Waals surface area contributed by atoms with E-state index in [1.165, 1.54) is 6.08 Å². The van der Waals surface area contributed by atoms with Crippen LogP contribution >= 0.6 is 0 Å². The molecule has 0 spiro atoms. The molecule has 0 saturated heterocycles. The largest absolute Gasteiger partial charge is 1.00 e. The molecule has 102 valence electrons. The van der Waals surface area contributed by atoms with Gasteiger partial charge in [0.25, 0.3) is 0 Å². The van der Waals surface area contributed by atoms with Crippen LogP contribution in [-0.4, -0.2) is 18.5 Å². The SMILES string of the molecule is CCOC(=O)C=C(C)N[C@@H](C(=O)[O-])c1ccccc1.[K+]. The minimum Gasteiger partial charge on any atom is -0.548 e. The molecule has 0 aliphatic rings. The first-order chi connectivity index (χ1) is 9.04. The standard InChI is InChI=1S/C14H17NO4.K/c1-3-19-12(16)9-10(2)15-13(14(17)18)11-7-5-4-6-8-11;/h4-9,13,15H,3H2,1-2H3,(H,17,18);/q;+1/p-1/t13-;/m1./s1. The number of carboxylic acids is 1. The van der Waals surface area contributed by atoms with E-state index in [2.05, 4.69) is 5.32 Å². The predicted molar refractivity (Wildman–Crippen MR) is 67.7 cm³/mol. The van der Waals surface area contributed by atoms with Gasteiger partial charge in [0.2, 0.25) is 0 Å². The minimum atomic E-state index is -1.26. The number of carbonyl (C=O) groups is 2. The van der Waals surface area contributed by atoms with Gasteiger partial charge in [-0.05, 0) is 19.4 Å². The summed E-state index contributed by atoms with van der Waals surface area (Å²) in [5.41, 5.74) is 0.954. The Morgan fingerprint density at radius 2 is 1.95 bits per heavy atom. The molecule has 1 N–H and O–H groups in total. The van der Waals surface area contributed by atoms with Crippen molar-refractivity contribution in [1.82, 2.24) is 5.32 Å². The number of ether oxygens (including phenoxy) is 1. The Kier molecular flexibility index (Phi) is 9.78. The van der Waals surface area contributed by atoms with Crippen molar-refractivity contribution in [2.24, 2.45) is 0 Å². The van der Waals surface area contributed by atoms with Gasteiger partial charge >= 0.3 is 57.4 Å². The Balaban J connectivity index is 0.00000361. The van der Waals surface area contributed by atoms with Gasteiger partial charge in [0.05, 0.1) is 18.6 Å². The van der Waals surface area contributed by atoms with E-state index in [1.54, 1.807) is 44.2 Å². The maximum absolute atomic E-state index is 11.2. The molecule has 0 aliphatic heterocycles. The molecule has 0 radical (unpaired) electrons. The van der Waals surface area contributed by atoms with Crippen LogP contribution in [0.4, 0.5) is 0 Å². The number of hydrogen-bond acceptors (Lipinski definition) is 5. The maximum Gasteiger partial charge on any atom is 1.00 e. The Morgan fingerprint density at radius 3 is 2.45 bits per heavy atom. The third-order valence-corrected chi connectivity index (χ3v) is 2.36. The number of carbonyl (C=O) groups excluding carboxylic acids is 2. The number of aliphatic carboxylic acids is 1. The number of allylic oxidation sites excluding steroid dienone is 1. The molecule has 1 aromatic carbocycles. The van der Waals surface area contributed by atoms with Crippen molar-refractivity contribution in [3.05, 3.63) is 47.7 Å². The summed E-state index contributed by atoms with van der Waals surface area (Å²) >= 11 is 0. The van der Waals surface area contributed by atoms with E-state index in [4.69, 9.17) is 4.74 Å². The van der Waals surface area contributed by atoms with Gasteiger partial charge in [-0.2, -0.15) is 0 Å². The summed E-state index contributed by atoms with van der Waals surface area (Å²) in [6, 6.07) is 7.59. The van der Waals surface area contributed by atoms with Gasteiger partial charge in [0.1, 0.15) is 0 Å². The molecule has 0 aliphatic carbocycles. The quantitative estimate of drug-likeness (QED) is 0.358. The van der Waals surface area contributed by atoms with E-state index in [9.17, 15) is 14.7 Å². The molecule has 0 amide bonds. The molecule has 0 unspecified atom stereocenters. The van der Waals surface area contributed by atoms with Gasteiger partial charge in [-0.15, -0.1) is 0 Å². The fourth-order valence-electron chi connectivity index (χ4n) is 1.55. The first kappa shape index (κ1) is 19.3. The molecule has 1 aromatic rings. The number of rotatable bonds is 6. The fourth-order valence-corrected chi connectivity index (χ4v) is 1.55. The number of benzene rings is 1. The molecule has 0 fully saturated rings. The summed E-state index contributed by atoms with van der Waals surface area (Å²) in [5.74, 6) is -1.78. The number of carboxylic acid groups (broad SMARTS) is 1. The molecule has 1 rings (SSSR count). The Labute approximate surface area is 160 Å². The van der Waals surface area contributed by atoms with Crippen LogP contribution in [0.1, 0.15) is 25.5 Å². The van der Waals surface area contributed by atoms with Crippen molar-refractivity contribution in [3.63, 3.8) is 0 Å². The smallest absolute Gasteiger partial charge is 0.548 e. The molecule has 0 bridgehead atoms. The van der Waals surface area contributed by atoms with Gasteiger partial charge in [0.15, 0.2) is 0 Å². The van der Waals surface area contributed by atoms with Crippen molar-refractivity contribution < 1.29 is 70.8 Å². The maximum atomic E-state index is 11.2. The van der Waals surface area contributed by atoms with Crippen molar-refractivity contribution in [2.75, 3.05) is 6.61 Å². The van der Waals surface area contributed by atoms with E-state index in [-0.39, 0.29) is 58.0 Å². The molecule has 0 aromatic heterocycles. The van der Waals surface area contributed by atoms with E-state index in [0.717, 1.165) is 0 Å². The van der Waals surface area contributed by atoms with Gasteiger partial charge < -0.3 is 20.0 Å². The number of nitrogens with one attached hydrogen (secondary N) is 1. The first-order valence-electron chi connectivity index (χ1n) is 5.92. The van der Waals surface area contributed by atoms with Gasteiger partial charge in [0, 0.05) is 11.8 Å². The summed E-state index contributed by atoms with van der Waals surface area (Å²) < 4.78 is 4.74. The van der Waals surface area contributed by atoms with Crippen LogP contribution in [0.15, 0.2) is 42.1 Å². The zero-order valence-electron chi connectivity index (χ0n) is 11.9. The topological polar surface area (TPSA) is 78.5 Å². The van der Waals surface area contributed by atoms with E-state index < -0.39 is 18.0 Å². The predicted octanol–water partition coefficient (Wildman–Crippen LogP) is -2.46. The van der Waals surface area contributed by atoms with Crippen LogP contribution in [0.5, 0.6) is 0 Å². The zero-order valence-corrected chi connectivity index (χ0v) is 15.0. The van der Waals surface area contributed by atoms with Gasteiger partial charge in [-0.25, -0.2) is 4.79 Å². The molecule has 0 heterocycles. The van der Waals surface area contributed by atoms with E-state index in [0.29, 0.717) is 11.3 Å². The number of esters is 1. The van der Waals surface area contributed by atoms with Crippen molar-refractivity contribution in [2.45, 2.75) is 19.9 Å².